The highest BCUT2D eigenvalue weighted by atomic mass is 19.4. The molecule has 2 rings (SSSR count). The van der Waals surface area contributed by atoms with Crippen LogP contribution in [0.25, 0.3) is 0 Å². The van der Waals surface area contributed by atoms with Crippen molar-refractivity contribution in [1.29, 1.82) is 0 Å². The second kappa shape index (κ2) is 7.90. The number of hydrogen-bond acceptors (Lipinski definition) is 3. The minimum absolute atomic E-state index is 0.166. The number of nitrogens with zero attached hydrogens (tertiary/aromatic N) is 1. The van der Waals surface area contributed by atoms with Crippen LogP contribution in [0.2, 0.25) is 0 Å². The highest BCUT2D eigenvalue weighted by molar-refractivity contribution is 6.06. The van der Waals surface area contributed by atoms with Crippen molar-refractivity contribution in [2.45, 2.75) is 6.18 Å². The van der Waals surface area contributed by atoms with Gasteiger partial charge in [-0.25, -0.2) is 0 Å². The molecule has 0 heterocycles. The van der Waals surface area contributed by atoms with Crippen LogP contribution in [0.3, 0.4) is 0 Å². The lowest BCUT2D eigenvalue weighted by Crippen LogP contribution is -2.28. The molecule has 0 radical (unpaired) electrons. The third kappa shape index (κ3) is 4.98. The molecule has 0 spiro atoms. The van der Waals surface area contributed by atoms with Gasteiger partial charge in [0.25, 0.3) is 11.8 Å². The molecule has 2 amide bonds. The van der Waals surface area contributed by atoms with Gasteiger partial charge in [0.1, 0.15) is 5.75 Å². The minimum atomic E-state index is -4.44. The molecule has 0 atom stereocenters. The highest BCUT2D eigenvalue weighted by Gasteiger charge is 2.30. The summed E-state index contributed by atoms with van der Waals surface area (Å²) in [6.45, 7) is -0.239. The average molecular weight is 366 g/mol. The maximum Gasteiger partial charge on any atom is 0.416 e. The Hall–Kier alpha value is -3.03. The van der Waals surface area contributed by atoms with Gasteiger partial charge in [0.15, 0.2) is 6.61 Å². The van der Waals surface area contributed by atoms with E-state index in [1.54, 1.807) is 26.2 Å². The Morgan fingerprint density at radius 2 is 1.65 bits per heavy atom. The monoisotopic (exact) mass is 366 g/mol. The van der Waals surface area contributed by atoms with Crippen LogP contribution in [0, 0.1) is 0 Å². The number of hydrogen-bond donors (Lipinski definition) is 1. The molecular weight excluding hydrogens is 349 g/mol. The van der Waals surface area contributed by atoms with Crippen molar-refractivity contribution in [3.05, 3.63) is 59.7 Å². The van der Waals surface area contributed by atoms with E-state index in [9.17, 15) is 22.8 Å². The predicted octanol–water partition coefficient (Wildman–Crippen LogP) is 3.42. The molecule has 0 unspecified atom stereocenters. The third-order valence-corrected chi connectivity index (χ3v) is 3.45. The first-order chi connectivity index (χ1) is 12.2. The zero-order chi connectivity index (χ0) is 19.3. The Bertz CT molecular complexity index is 787. The topological polar surface area (TPSA) is 58.6 Å². The maximum atomic E-state index is 12.6. The Labute approximate surface area is 148 Å². The van der Waals surface area contributed by atoms with Gasteiger partial charge in [0.05, 0.1) is 11.1 Å². The Kier molecular flexibility index (Phi) is 5.86. The lowest BCUT2D eigenvalue weighted by Gasteiger charge is -2.14. The van der Waals surface area contributed by atoms with Gasteiger partial charge >= 0.3 is 6.18 Å². The number of halogens is 3. The number of benzene rings is 2. The summed E-state index contributed by atoms with van der Waals surface area (Å²) in [5.74, 6) is -0.632. The molecule has 0 bridgehead atoms. The van der Waals surface area contributed by atoms with Crippen LogP contribution in [0.4, 0.5) is 18.9 Å². The molecule has 8 heteroatoms. The summed E-state index contributed by atoms with van der Waals surface area (Å²) >= 11 is 0. The van der Waals surface area contributed by atoms with E-state index in [-0.39, 0.29) is 29.5 Å². The van der Waals surface area contributed by atoms with Gasteiger partial charge in [-0.3, -0.25) is 9.59 Å². The molecule has 2 aromatic carbocycles. The Morgan fingerprint density at radius 3 is 2.23 bits per heavy atom. The van der Waals surface area contributed by atoms with E-state index in [2.05, 4.69) is 5.32 Å². The molecule has 0 aliphatic heterocycles. The summed E-state index contributed by atoms with van der Waals surface area (Å²) in [6.07, 6.45) is -4.44. The molecule has 5 nitrogen and oxygen atoms in total. The fourth-order valence-corrected chi connectivity index (χ4v) is 1.99. The van der Waals surface area contributed by atoms with Crippen LogP contribution in [0.5, 0.6) is 5.75 Å². The van der Waals surface area contributed by atoms with Crippen molar-refractivity contribution >= 4 is 17.5 Å². The van der Waals surface area contributed by atoms with Crippen molar-refractivity contribution < 1.29 is 27.5 Å². The molecule has 138 valence electrons. The molecule has 0 aliphatic carbocycles. The Balaban J connectivity index is 2.11. The van der Waals surface area contributed by atoms with Gasteiger partial charge in [0.2, 0.25) is 0 Å². The number of amides is 2. The SMILES string of the molecule is CN(C)C(=O)COc1ccccc1C(=O)Nc1ccc(C(F)(F)F)cc1. The van der Waals surface area contributed by atoms with E-state index in [1.165, 1.54) is 29.2 Å². The molecule has 1 N–H and O–H groups in total. The van der Waals surface area contributed by atoms with Crippen molar-refractivity contribution in [3.8, 4) is 5.75 Å². The smallest absolute Gasteiger partial charge is 0.416 e. The van der Waals surface area contributed by atoms with Crippen LogP contribution >= 0.6 is 0 Å². The summed E-state index contributed by atoms with van der Waals surface area (Å²) in [4.78, 5) is 25.3. The van der Waals surface area contributed by atoms with Gasteiger partial charge in [-0.2, -0.15) is 13.2 Å². The van der Waals surface area contributed by atoms with Crippen molar-refractivity contribution in [3.63, 3.8) is 0 Å². The lowest BCUT2D eigenvalue weighted by molar-refractivity contribution is -0.137. The second-order valence-electron chi connectivity index (χ2n) is 5.60. The first-order valence-corrected chi connectivity index (χ1v) is 7.59. The van der Waals surface area contributed by atoms with Crippen LogP contribution in [-0.2, 0) is 11.0 Å². The fraction of sp³-hybridized carbons (Fsp3) is 0.222. The molecular formula is C18H17F3N2O3. The van der Waals surface area contributed by atoms with Crippen LogP contribution in [0.15, 0.2) is 48.5 Å². The second-order valence-corrected chi connectivity index (χ2v) is 5.60. The van der Waals surface area contributed by atoms with Crippen LogP contribution in [-0.4, -0.2) is 37.4 Å². The van der Waals surface area contributed by atoms with E-state index in [1.807, 2.05) is 0 Å². The number of para-hydroxylation sites is 1. The first kappa shape index (κ1) is 19.3. The normalized spacial score (nSPS) is 11.0. The summed E-state index contributed by atoms with van der Waals surface area (Å²) in [7, 11) is 3.16. The standard InChI is InChI=1S/C18H17F3N2O3/c1-23(2)16(24)11-26-15-6-4-3-5-14(15)17(25)22-13-9-7-12(8-10-13)18(19,20)21/h3-10H,11H2,1-2H3,(H,22,25). The quantitative estimate of drug-likeness (QED) is 0.882. The minimum Gasteiger partial charge on any atom is -0.483 e. The number of likely N-dealkylation sites (N-methyl/N-ethyl adjacent to an activating group) is 1. The Morgan fingerprint density at radius 1 is 1.04 bits per heavy atom. The summed E-state index contributed by atoms with van der Waals surface area (Å²) < 4.78 is 43.1. The van der Waals surface area contributed by atoms with E-state index < -0.39 is 17.6 Å². The molecule has 26 heavy (non-hydrogen) atoms. The summed E-state index contributed by atoms with van der Waals surface area (Å²) in [6, 6.07) is 10.4. The number of nitrogens with one attached hydrogen (secondary N) is 1. The maximum absolute atomic E-state index is 12.6. The third-order valence-electron chi connectivity index (χ3n) is 3.45. The van der Waals surface area contributed by atoms with Crippen LogP contribution < -0.4 is 10.1 Å². The number of rotatable bonds is 5. The lowest BCUT2D eigenvalue weighted by atomic mass is 10.1. The average Bonchev–Trinajstić information content (AvgIpc) is 2.59. The number of alkyl halides is 3. The van der Waals surface area contributed by atoms with E-state index in [0.29, 0.717) is 0 Å². The number of ether oxygens (including phenoxy) is 1. The highest BCUT2D eigenvalue weighted by Crippen LogP contribution is 2.30. The molecule has 0 saturated heterocycles. The van der Waals surface area contributed by atoms with E-state index >= 15 is 0 Å². The van der Waals surface area contributed by atoms with Crippen LogP contribution in [0.1, 0.15) is 15.9 Å². The van der Waals surface area contributed by atoms with Gasteiger partial charge in [-0.15, -0.1) is 0 Å². The molecule has 0 fully saturated rings. The fourth-order valence-electron chi connectivity index (χ4n) is 1.99. The first-order valence-electron chi connectivity index (χ1n) is 7.59. The molecule has 0 aliphatic rings. The molecule has 0 aromatic heterocycles. The van der Waals surface area contributed by atoms with E-state index in [4.69, 9.17) is 4.74 Å². The van der Waals surface area contributed by atoms with Crippen molar-refractivity contribution in [2.75, 3.05) is 26.0 Å². The summed E-state index contributed by atoms with van der Waals surface area (Å²) in [5.41, 5.74) is -0.428. The van der Waals surface area contributed by atoms with Crippen molar-refractivity contribution in [1.82, 2.24) is 4.90 Å². The number of anilines is 1. The van der Waals surface area contributed by atoms with Gasteiger partial charge < -0.3 is 15.0 Å². The van der Waals surface area contributed by atoms with Gasteiger partial charge in [-0.1, -0.05) is 12.1 Å². The molecule has 0 saturated carbocycles. The number of carbonyl (C=O) groups is 2. The summed E-state index contributed by atoms with van der Waals surface area (Å²) in [5, 5.41) is 2.51. The van der Waals surface area contributed by atoms with E-state index in [0.717, 1.165) is 12.1 Å². The van der Waals surface area contributed by atoms with Gasteiger partial charge in [-0.05, 0) is 36.4 Å². The largest absolute Gasteiger partial charge is 0.483 e. The predicted molar refractivity (Wildman–Crippen MR) is 90.0 cm³/mol. The van der Waals surface area contributed by atoms with Crippen molar-refractivity contribution in [2.24, 2.45) is 0 Å². The zero-order valence-electron chi connectivity index (χ0n) is 14.1. The molecule has 2 aromatic rings. The number of carbonyl (C=O) groups excluding carboxylic acids is 2. The van der Waals surface area contributed by atoms with Gasteiger partial charge in [0, 0.05) is 19.8 Å². The zero-order valence-corrected chi connectivity index (χ0v) is 14.1.